The molecule has 0 aromatic carbocycles. The summed E-state index contributed by atoms with van der Waals surface area (Å²) in [5.74, 6) is -1.15. The molecule has 1 fully saturated rings. The lowest BCUT2D eigenvalue weighted by Crippen LogP contribution is -2.16. The van der Waals surface area contributed by atoms with Crippen molar-refractivity contribution >= 4 is 16.1 Å². The predicted molar refractivity (Wildman–Crippen MR) is 41.4 cm³/mol. The van der Waals surface area contributed by atoms with Crippen molar-refractivity contribution in [1.82, 2.24) is 0 Å². The van der Waals surface area contributed by atoms with E-state index in [-0.39, 0.29) is 12.7 Å². The van der Waals surface area contributed by atoms with E-state index < -0.39 is 21.0 Å². The molecule has 1 N–H and O–H groups in total. The summed E-state index contributed by atoms with van der Waals surface area (Å²) in [6, 6.07) is 0. The Bertz CT molecular complexity index is 325. The highest BCUT2D eigenvalue weighted by Gasteiger charge is 2.27. The first-order valence-electron chi connectivity index (χ1n) is 3.36. The predicted octanol–water partition coefficient (Wildman–Crippen LogP) is -0.670. The summed E-state index contributed by atoms with van der Waals surface area (Å²) in [5.41, 5.74) is 0. The Balaban J connectivity index is 2.42. The number of rotatable bonds is 4. The van der Waals surface area contributed by atoms with Crippen LogP contribution in [-0.4, -0.2) is 38.3 Å². The molecular formula is C6H8O6S. The highest BCUT2D eigenvalue weighted by atomic mass is 32.2. The van der Waals surface area contributed by atoms with E-state index in [4.69, 9.17) is 9.29 Å². The second-order valence-corrected chi connectivity index (χ2v) is 3.89. The van der Waals surface area contributed by atoms with E-state index in [9.17, 15) is 13.2 Å². The largest absolute Gasteiger partial charge is 0.459 e. The van der Waals surface area contributed by atoms with Crippen LogP contribution in [0.2, 0.25) is 0 Å². The van der Waals surface area contributed by atoms with Gasteiger partial charge in [0.05, 0.1) is 6.61 Å². The van der Waals surface area contributed by atoms with E-state index in [1.54, 1.807) is 0 Å². The third-order valence-corrected chi connectivity index (χ3v) is 2.13. The number of carbonyl (C=O) groups is 1. The molecule has 0 aromatic rings. The van der Waals surface area contributed by atoms with Gasteiger partial charge in [-0.25, -0.2) is 4.79 Å². The standard InChI is InChI=1S/C6H8O6S/c1-4(13(8,9)10)6(7)12-3-5-2-11-5/h5H,1-3H2,(H,8,9,10). The van der Waals surface area contributed by atoms with Crippen LogP contribution in [0.25, 0.3) is 0 Å². The maximum absolute atomic E-state index is 10.8. The van der Waals surface area contributed by atoms with Crippen LogP contribution in [0.5, 0.6) is 0 Å². The first-order valence-corrected chi connectivity index (χ1v) is 4.80. The molecule has 0 radical (unpaired) electrons. The number of epoxide rings is 1. The Morgan fingerprint density at radius 1 is 1.69 bits per heavy atom. The summed E-state index contributed by atoms with van der Waals surface area (Å²) >= 11 is 0. The van der Waals surface area contributed by atoms with Gasteiger partial charge < -0.3 is 9.47 Å². The second kappa shape index (κ2) is 3.44. The maximum Gasteiger partial charge on any atom is 0.351 e. The van der Waals surface area contributed by atoms with Gasteiger partial charge in [-0.2, -0.15) is 8.42 Å². The van der Waals surface area contributed by atoms with E-state index in [2.05, 4.69) is 11.3 Å². The summed E-state index contributed by atoms with van der Waals surface area (Å²) in [6.07, 6.45) is -0.154. The molecule has 1 atom stereocenters. The van der Waals surface area contributed by atoms with Crippen molar-refractivity contribution < 1.29 is 27.2 Å². The molecule has 74 valence electrons. The van der Waals surface area contributed by atoms with E-state index in [0.717, 1.165) is 0 Å². The fourth-order valence-corrected chi connectivity index (χ4v) is 0.788. The van der Waals surface area contributed by atoms with Gasteiger partial charge in [0.1, 0.15) is 12.7 Å². The quantitative estimate of drug-likeness (QED) is 0.285. The Labute approximate surface area is 74.9 Å². The van der Waals surface area contributed by atoms with Crippen molar-refractivity contribution in [3.05, 3.63) is 11.5 Å². The molecule has 13 heavy (non-hydrogen) atoms. The van der Waals surface area contributed by atoms with Crippen LogP contribution in [0.3, 0.4) is 0 Å². The summed E-state index contributed by atoms with van der Waals surface area (Å²) in [4.78, 5) is 9.84. The lowest BCUT2D eigenvalue weighted by molar-refractivity contribution is -0.138. The molecule has 1 aliphatic rings. The van der Waals surface area contributed by atoms with E-state index in [0.29, 0.717) is 6.61 Å². The third-order valence-electron chi connectivity index (χ3n) is 1.34. The first-order chi connectivity index (χ1) is 5.91. The smallest absolute Gasteiger partial charge is 0.351 e. The molecular weight excluding hydrogens is 200 g/mol. The second-order valence-electron chi connectivity index (χ2n) is 2.45. The molecule has 1 heterocycles. The minimum absolute atomic E-state index is 0.0205. The van der Waals surface area contributed by atoms with Crippen LogP contribution < -0.4 is 0 Å². The van der Waals surface area contributed by atoms with Crippen LogP contribution in [0.1, 0.15) is 0 Å². The van der Waals surface area contributed by atoms with Gasteiger partial charge in [-0.05, 0) is 0 Å². The summed E-state index contributed by atoms with van der Waals surface area (Å²) in [7, 11) is -4.54. The van der Waals surface area contributed by atoms with Crippen molar-refractivity contribution in [2.24, 2.45) is 0 Å². The van der Waals surface area contributed by atoms with Crippen LogP contribution in [0.4, 0.5) is 0 Å². The van der Waals surface area contributed by atoms with Crippen LogP contribution in [-0.2, 0) is 24.4 Å². The normalized spacial score (nSPS) is 20.8. The molecule has 1 saturated heterocycles. The molecule has 0 aliphatic carbocycles. The van der Waals surface area contributed by atoms with Crippen molar-refractivity contribution in [1.29, 1.82) is 0 Å². The lowest BCUT2D eigenvalue weighted by atomic mass is 10.5. The van der Waals surface area contributed by atoms with Gasteiger partial charge in [-0.1, -0.05) is 6.58 Å². The fraction of sp³-hybridized carbons (Fsp3) is 0.500. The highest BCUT2D eigenvalue weighted by molar-refractivity contribution is 7.90. The zero-order valence-electron chi connectivity index (χ0n) is 6.60. The average molecular weight is 208 g/mol. The van der Waals surface area contributed by atoms with Crippen LogP contribution >= 0.6 is 0 Å². The molecule has 1 aliphatic heterocycles. The van der Waals surface area contributed by atoms with Gasteiger partial charge in [0, 0.05) is 0 Å². The molecule has 0 saturated carbocycles. The third kappa shape index (κ3) is 3.13. The molecule has 1 unspecified atom stereocenters. The number of ether oxygens (including phenoxy) is 2. The SMILES string of the molecule is C=C(C(=O)OCC1CO1)S(=O)(=O)O. The molecule has 0 aromatic heterocycles. The lowest BCUT2D eigenvalue weighted by Gasteiger charge is -2.01. The Morgan fingerprint density at radius 3 is 2.62 bits per heavy atom. The van der Waals surface area contributed by atoms with Gasteiger partial charge in [0.15, 0.2) is 4.91 Å². The number of hydrogen-bond acceptors (Lipinski definition) is 5. The number of carbonyl (C=O) groups excluding carboxylic acids is 1. The van der Waals surface area contributed by atoms with E-state index >= 15 is 0 Å². The fourth-order valence-electron chi connectivity index (χ4n) is 0.519. The highest BCUT2D eigenvalue weighted by Crippen LogP contribution is 2.10. The summed E-state index contributed by atoms with van der Waals surface area (Å²) in [6.45, 7) is 3.34. The molecule has 0 bridgehead atoms. The summed E-state index contributed by atoms with van der Waals surface area (Å²) in [5, 5.41) is 0. The Kier molecular flexibility index (Phi) is 2.69. The van der Waals surface area contributed by atoms with E-state index in [1.807, 2.05) is 0 Å². The van der Waals surface area contributed by atoms with Gasteiger partial charge >= 0.3 is 16.1 Å². The minimum atomic E-state index is -4.54. The van der Waals surface area contributed by atoms with Crippen LogP contribution in [0.15, 0.2) is 11.5 Å². The number of hydrogen-bond donors (Lipinski definition) is 1. The monoisotopic (exact) mass is 208 g/mol. The Hall–Kier alpha value is -0.920. The zero-order valence-corrected chi connectivity index (χ0v) is 7.41. The molecule has 1 rings (SSSR count). The zero-order chi connectivity index (χ0) is 10.1. The first kappa shape index (κ1) is 10.2. The maximum atomic E-state index is 10.8. The minimum Gasteiger partial charge on any atom is -0.459 e. The summed E-state index contributed by atoms with van der Waals surface area (Å²) < 4.78 is 38.2. The molecule has 7 heteroatoms. The van der Waals surface area contributed by atoms with Crippen molar-refractivity contribution in [2.75, 3.05) is 13.2 Å². The van der Waals surface area contributed by atoms with Crippen molar-refractivity contribution in [3.63, 3.8) is 0 Å². The van der Waals surface area contributed by atoms with Gasteiger partial charge in [-0.15, -0.1) is 0 Å². The van der Waals surface area contributed by atoms with Gasteiger partial charge in [0.25, 0.3) is 0 Å². The van der Waals surface area contributed by atoms with Crippen molar-refractivity contribution in [3.8, 4) is 0 Å². The van der Waals surface area contributed by atoms with Crippen LogP contribution in [0, 0.1) is 0 Å². The topological polar surface area (TPSA) is 93.2 Å². The number of esters is 1. The van der Waals surface area contributed by atoms with Gasteiger partial charge in [-0.3, -0.25) is 4.55 Å². The van der Waals surface area contributed by atoms with Crippen molar-refractivity contribution in [2.45, 2.75) is 6.10 Å². The molecule has 0 amide bonds. The van der Waals surface area contributed by atoms with Gasteiger partial charge in [0.2, 0.25) is 0 Å². The molecule has 6 nitrogen and oxygen atoms in total. The Morgan fingerprint density at radius 2 is 2.23 bits per heavy atom. The molecule has 0 spiro atoms. The average Bonchev–Trinajstić information content (AvgIpc) is 2.80. The van der Waals surface area contributed by atoms with E-state index in [1.165, 1.54) is 0 Å².